The average molecular weight is 268 g/mol. The van der Waals surface area contributed by atoms with E-state index in [1.165, 1.54) is 12.8 Å². The summed E-state index contributed by atoms with van der Waals surface area (Å²) in [6, 6.07) is 0.472. The number of hydrogen-bond donors (Lipinski definition) is 1. The zero-order valence-corrected chi connectivity index (χ0v) is 12.5. The molecule has 2 heterocycles. The van der Waals surface area contributed by atoms with Gasteiger partial charge in [-0.2, -0.15) is 0 Å². The molecule has 0 saturated carbocycles. The second-order valence-corrected chi connectivity index (χ2v) is 6.49. The van der Waals surface area contributed by atoms with Crippen molar-refractivity contribution in [2.24, 2.45) is 11.8 Å². The van der Waals surface area contributed by atoms with Crippen molar-refractivity contribution in [3.8, 4) is 0 Å². The van der Waals surface area contributed by atoms with Crippen molar-refractivity contribution in [1.82, 2.24) is 10.2 Å². The fourth-order valence-corrected chi connectivity index (χ4v) is 3.06. The van der Waals surface area contributed by atoms with Crippen LogP contribution in [-0.4, -0.2) is 49.2 Å². The lowest BCUT2D eigenvalue weighted by atomic mass is 10.0. The standard InChI is InChI=1S/C15H28N2O2/c1-11(2)9-17(10-13-5-4-7-16-13)15(18)14-12(3)6-8-19-14/h11-14,16H,4-10H2,1-3H3. The minimum absolute atomic E-state index is 0.201. The van der Waals surface area contributed by atoms with Gasteiger partial charge >= 0.3 is 0 Å². The van der Waals surface area contributed by atoms with Crippen molar-refractivity contribution in [2.75, 3.05) is 26.2 Å². The zero-order valence-electron chi connectivity index (χ0n) is 12.5. The third-order valence-corrected chi connectivity index (χ3v) is 4.13. The largest absolute Gasteiger partial charge is 0.368 e. The van der Waals surface area contributed by atoms with Crippen LogP contribution in [0.3, 0.4) is 0 Å². The van der Waals surface area contributed by atoms with Crippen LogP contribution in [0.25, 0.3) is 0 Å². The Morgan fingerprint density at radius 3 is 2.74 bits per heavy atom. The number of amides is 1. The highest BCUT2D eigenvalue weighted by Crippen LogP contribution is 2.23. The summed E-state index contributed by atoms with van der Waals surface area (Å²) >= 11 is 0. The van der Waals surface area contributed by atoms with E-state index in [9.17, 15) is 4.79 Å². The molecule has 2 saturated heterocycles. The summed E-state index contributed by atoms with van der Waals surface area (Å²) in [6.07, 6.45) is 3.21. The molecule has 1 N–H and O–H groups in total. The normalized spacial score (nSPS) is 31.1. The lowest BCUT2D eigenvalue weighted by molar-refractivity contribution is -0.143. The molecule has 4 heteroatoms. The maximum atomic E-state index is 12.7. The van der Waals surface area contributed by atoms with Gasteiger partial charge in [0.25, 0.3) is 5.91 Å². The van der Waals surface area contributed by atoms with E-state index in [0.29, 0.717) is 17.9 Å². The second kappa shape index (κ2) is 6.71. The first kappa shape index (κ1) is 14.8. The van der Waals surface area contributed by atoms with Crippen molar-refractivity contribution >= 4 is 5.91 Å². The number of ether oxygens (including phenoxy) is 1. The Kier molecular flexibility index (Phi) is 5.22. The minimum Gasteiger partial charge on any atom is -0.368 e. The van der Waals surface area contributed by atoms with Crippen molar-refractivity contribution in [3.05, 3.63) is 0 Å². The fraction of sp³-hybridized carbons (Fsp3) is 0.933. The summed E-state index contributed by atoms with van der Waals surface area (Å²) in [5, 5.41) is 3.48. The molecule has 2 fully saturated rings. The van der Waals surface area contributed by atoms with E-state index in [1.54, 1.807) is 0 Å². The van der Waals surface area contributed by atoms with E-state index in [0.717, 1.165) is 32.7 Å². The van der Waals surface area contributed by atoms with Gasteiger partial charge in [-0.3, -0.25) is 4.79 Å². The van der Waals surface area contributed by atoms with Crippen LogP contribution in [0.5, 0.6) is 0 Å². The first-order valence-corrected chi connectivity index (χ1v) is 7.71. The summed E-state index contributed by atoms with van der Waals surface area (Å²) < 4.78 is 5.64. The molecule has 1 amide bonds. The molecule has 0 aromatic carbocycles. The first-order chi connectivity index (χ1) is 9.08. The molecule has 0 radical (unpaired) electrons. The van der Waals surface area contributed by atoms with E-state index in [4.69, 9.17) is 4.74 Å². The van der Waals surface area contributed by atoms with Gasteiger partial charge in [0.05, 0.1) is 0 Å². The van der Waals surface area contributed by atoms with E-state index in [1.807, 2.05) is 4.90 Å². The maximum Gasteiger partial charge on any atom is 0.252 e. The fourth-order valence-electron chi connectivity index (χ4n) is 3.06. The van der Waals surface area contributed by atoms with Crippen LogP contribution in [0.2, 0.25) is 0 Å². The number of rotatable bonds is 5. The quantitative estimate of drug-likeness (QED) is 0.824. The topological polar surface area (TPSA) is 41.6 Å². The Labute approximate surface area is 116 Å². The predicted octanol–water partition coefficient (Wildman–Crippen LogP) is 1.65. The highest BCUT2D eigenvalue weighted by atomic mass is 16.5. The Morgan fingerprint density at radius 2 is 2.21 bits per heavy atom. The Bertz CT molecular complexity index is 301. The smallest absolute Gasteiger partial charge is 0.252 e. The maximum absolute atomic E-state index is 12.7. The van der Waals surface area contributed by atoms with Gasteiger partial charge in [-0.1, -0.05) is 20.8 Å². The molecular weight excluding hydrogens is 240 g/mol. The molecule has 3 unspecified atom stereocenters. The van der Waals surface area contributed by atoms with Gasteiger partial charge in [-0.15, -0.1) is 0 Å². The van der Waals surface area contributed by atoms with Gasteiger partial charge in [-0.05, 0) is 37.6 Å². The molecule has 0 aromatic rings. The van der Waals surface area contributed by atoms with Gasteiger partial charge in [-0.25, -0.2) is 0 Å². The van der Waals surface area contributed by atoms with E-state index < -0.39 is 0 Å². The Balaban J connectivity index is 1.96. The van der Waals surface area contributed by atoms with Crippen molar-refractivity contribution in [3.63, 3.8) is 0 Å². The summed E-state index contributed by atoms with van der Waals surface area (Å²) in [5.41, 5.74) is 0. The summed E-state index contributed by atoms with van der Waals surface area (Å²) in [6.45, 7) is 9.95. The van der Waals surface area contributed by atoms with Crippen molar-refractivity contribution in [1.29, 1.82) is 0 Å². The molecule has 110 valence electrons. The SMILES string of the molecule is CC(C)CN(CC1CCCN1)C(=O)C1OCCC1C. The molecule has 19 heavy (non-hydrogen) atoms. The Morgan fingerprint density at radius 1 is 1.42 bits per heavy atom. The molecule has 2 aliphatic rings. The number of nitrogens with zero attached hydrogens (tertiary/aromatic N) is 1. The number of nitrogens with one attached hydrogen (secondary N) is 1. The lowest BCUT2D eigenvalue weighted by Crippen LogP contribution is -2.48. The molecule has 4 nitrogen and oxygen atoms in total. The molecule has 2 rings (SSSR count). The van der Waals surface area contributed by atoms with E-state index in [-0.39, 0.29) is 12.0 Å². The first-order valence-electron chi connectivity index (χ1n) is 7.71. The van der Waals surface area contributed by atoms with Crippen LogP contribution >= 0.6 is 0 Å². The van der Waals surface area contributed by atoms with Gasteiger partial charge in [0.2, 0.25) is 0 Å². The van der Waals surface area contributed by atoms with Gasteiger partial charge in [0.15, 0.2) is 0 Å². The van der Waals surface area contributed by atoms with Crippen LogP contribution in [-0.2, 0) is 9.53 Å². The van der Waals surface area contributed by atoms with Crippen molar-refractivity contribution < 1.29 is 9.53 Å². The average Bonchev–Trinajstić information content (AvgIpc) is 2.98. The molecule has 0 bridgehead atoms. The van der Waals surface area contributed by atoms with Crippen LogP contribution < -0.4 is 5.32 Å². The number of hydrogen-bond acceptors (Lipinski definition) is 3. The highest BCUT2D eigenvalue weighted by Gasteiger charge is 2.35. The van der Waals surface area contributed by atoms with Gasteiger partial charge in [0.1, 0.15) is 6.10 Å². The summed E-state index contributed by atoms with van der Waals surface area (Å²) in [4.78, 5) is 14.7. The lowest BCUT2D eigenvalue weighted by Gasteiger charge is -2.30. The van der Waals surface area contributed by atoms with Crippen molar-refractivity contribution in [2.45, 2.75) is 52.2 Å². The summed E-state index contributed by atoms with van der Waals surface area (Å²) in [5.74, 6) is 1.06. The van der Waals surface area contributed by atoms with Crippen LogP contribution in [0.15, 0.2) is 0 Å². The van der Waals surface area contributed by atoms with E-state index in [2.05, 4.69) is 26.1 Å². The third-order valence-electron chi connectivity index (χ3n) is 4.13. The Hall–Kier alpha value is -0.610. The summed E-state index contributed by atoms with van der Waals surface area (Å²) in [7, 11) is 0. The molecule has 2 aliphatic heterocycles. The number of carbonyl (C=O) groups is 1. The molecule has 3 atom stereocenters. The molecule has 0 spiro atoms. The van der Waals surface area contributed by atoms with Crippen LogP contribution in [0, 0.1) is 11.8 Å². The monoisotopic (exact) mass is 268 g/mol. The van der Waals surface area contributed by atoms with Gasteiger partial charge in [0, 0.05) is 25.7 Å². The second-order valence-electron chi connectivity index (χ2n) is 6.49. The predicted molar refractivity (Wildman–Crippen MR) is 76.0 cm³/mol. The zero-order chi connectivity index (χ0) is 13.8. The minimum atomic E-state index is -0.208. The van der Waals surface area contributed by atoms with Gasteiger partial charge < -0.3 is 15.0 Å². The van der Waals surface area contributed by atoms with E-state index >= 15 is 0 Å². The van der Waals surface area contributed by atoms with Crippen LogP contribution in [0.4, 0.5) is 0 Å². The number of carbonyl (C=O) groups excluding carboxylic acids is 1. The molecular formula is C15H28N2O2. The third kappa shape index (κ3) is 3.93. The molecule has 0 aliphatic carbocycles. The highest BCUT2D eigenvalue weighted by molar-refractivity contribution is 5.81. The van der Waals surface area contributed by atoms with Crippen LogP contribution in [0.1, 0.15) is 40.0 Å². The molecule has 0 aromatic heterocycles.